The standard InChI is InChI=1S/C8H7F3N2O2/c9-6-4(1-5(14)15)13-2-3(7(6)12)8(10)11/h2,8H,1H2,(H2,12,13)(H,14,15). The van der Waals surface area contributed by atoms with Crippen molar-refractivity contribution in [3.05, 3.63) is 23.3 Å². The van der Waals surface area contributed by atoms with Crippen LogP contribution >= 0.6 is 0 Å². The van der Waals surface area contributed by atoms with E-state index in [9.17, 15) is 18.0 Å². The minimum Gasteiger partial charge on any atom is -0.481 e. The van der Waals surface area contributed by atoms with E-state index in [-0.39, 0.29) is 0 Å². The maximum Gasteiger partial charge on any atom is 0.309 e. The molecule has 0 bridgehead atoms. The van der Waals surface area contributed by atoms with E-state index < -0.39 is 41.6 Å². The van der Waals surface area contributed by atoms with Crippen LogP contribution in [0.25, 0.3) is 0 Å². The highest BCUT2D eigenvalue weighted by Crippen LogP contribution is 2.27. The number of halogens is 3. The first-order chi connectivity index (χ1) is 6.93. The molecule has 1 rings (SSSR count). The van der Waals surface area contributed by atoms with Crippen LogP contribution in [0.1, 0.15) is 17.7 Å². The Labute approximate surface area is 82.5 Å². The van der Waals surface area contributed by atoms with Gasteiger partial charge in [0.1, 0.15) is 0 Å². The number of alkyl halides is 2. The van der Waals surface area contributed by atoms with Crippen LogP contribution in [-0.2, 0) is 11.2 Å². The predicted octanol–water partition coefficient (Wildman–Crippen LogP) is 1.37. The molecular weight excluding hydrogens is 213 g/mol. The fourth-order valence-corrected chi connectivity index (χ4v) is 0.996. The minimum atomic E-state index is -2.94. The van der Waals surface area contributed by atoms with E-state index in [4.69, 9.17) is 10.8 Å². The molecule has 1 heterocycles. The summed E-state index contributed by atoms with van der Waals surface area (Å²) >= 11 is 0. The number of carbonyl (C=O) groups is 1. The van der Waals surface area contributed by atoms with Crippen LogP contribution in [0, 0.1) is 5.82 Å². The summed E-state index contributed by atoms with van der Waals surface area (Å²) in [6.07, 6.45) is -2.95. The van der Waals surface area contributed by atoms with Crippen LogP contribution in [-0.4, -0.2) is 16.1 Å². The van der Waals surface area contributed by atoms with E-state index in [0.717, 1.165) is 0 Å². The van der Waals surface area contributed by atoms with Gasteiger partial charge < -0.3 is 10.8 Å². The second kappa shape index (κ2) is 4.16. The number of anilines is 1. The second-order valence-electron chi connectivity index (χ2n) is 2.76. The molecule has 0 radical (unpaired) electrons. The van der Waals surface area contributed by atoms with E-state index in [1.54, 1.807) is 0 Å². The topological polar surface area (TPSA) is 76.2 Å². The molecule has 0 aliphatic rings. The molecule has 4 nitrogen and oxygen atoms in total. The Morgan fingerprint density at radius 2 is 2.20 bits per heavy atom. The molecule has 0 saturated heterocycles. The third-order valence-electron chi connectivity index (χ3n) is 1.71. The van der Waals surface area contributed by atoms with Gasteiger partial charge in [-0.05, 0) is 0 Å². The third-order valence-corrected chi connectivity index (χ3v) is 1.71. The molecule has 0 atom stereocenters. The van der Waals surface area contributed by atoms with Crippen LogP contribution < -0.4 is 5.73 Å². The van der Waals surface area contributed by atoms with Crippen molar-refractivity contribution in [1.82, 2.24) is 4.98 Å². The normalized spacial score (nSPS) is 10.7. The average molecular weight is 220 g/mol. The Kier molecular flexibility index (Phi) is 3.13. The number of pyridine rings is 1. The number of hydrogen-bond donors (Lipinski definition) is 2. The fourth-order valence-electron chi connectivity index (χ4n) is 0.996. The maximum atomic E-state index is 13.2. The van der Waals surface area contributed by atoms with Gasteiger partial charge >= 0.3 is 5.97 Å². The lowest BCUT2D eigenvalue weighted by Crippen LogP contribution is -2.09. The maximum absolute atomic E-state index is 13.2. The molecule has 15 heavy (non-hydrogen) atoms. The molecule has 82 valence electrons. The molecule has 1 aromatic heterocycles. The van der Waals surface area contributed by atoms with Crippen molar-refractivity contribution < 1.29 is 23.1 Å². The summed E-state index contributed by atoms with van der Waals surface area (Å²) in [5.41, 5.74) is 3.13. The van der Waals surface area contributed by atoms with Gasteiger partial charge in [-0.2, -0.15) is 0 Å². The van der Waals surface area contributed by atoms with Crippen LogP contribution in [0.4, 0.5) is 18.9 Å². The molecule has 0 spiro atoms. The van der Waals surface area contributed by atoms with Gasteiger partial charge in [0.2, 0.25) is 0 Å². The molecule has 0 aliphatic carbocycles. The highest BCUT2D eigenvalue weighted by molar-refractivity contribution is 5.70. The van der Waals surface area contributed by atoms with Gasteiger partial charge in [0.25, 0.3) is 6.43 Å². The summed E-state index contributed by atoms with van der Waals surface area (Å²) < 4.78 is 37.6. The zero-order valence-electron chi connectivity index (χ0n) is 7.38. The Hall–Kier alpha value is -1.79. The van der Waals surface area contributed by atoms with Gasteiger partial charge in [-0.25, -0.2) is 13.2 Å². The van der Waals surface area contributed by atoms with Crippen molar-refractivity contribution in [2.75, 3.05) is 5.73 Å². The summed E-state index contributed by atoms with van der Waals surface area (Å²) in [5.74, 6) is -2.51. The van der Waals surface area contributed by atoms with Gasteiger partial charge in [0, 0.05) is 6.20 Å². The molecule has 7 heteroatoms. The summed E-state index contributed by atoms with van der Waals surface area (Å²) in [5, 5.41) is 8.37. The van der Waals surface area contributed by atoms with E-state index in [2.05, 4.69) is 4.98 Å². The lowest BCUT2D eigenvalue weighted by Gasteiger charge is -2.07. The van der Waals surface area contributed by atoms with E-state index >= 15 is 0 Å². The van der Waals surface area contributed by atoms with E-state index in [0.29, 0.717) is 6.20 Å². The lowest BCUT2D eigenvalue weighted by molar-refractivity contribution is -0.136. The molecule has 0 aromatic carbocycles. The molecule has 0 fully saturated rings. The van der Waals surface area contributed by atoms with Crippen LogP contribution in [0.15, 0.2) is 6.20 Å². The molecule has 0 amide bonds. The molecule has 0 aliphatic heterocycles. The SMILES string of the molecule is Nc1c(C(F)F)cnc(CC(=O)O)c1F. The lowest BCUT2D eigenvalue weighted by atomic mass is 10.1. The smallest absolute Gasteiger partial charge is 0.309 e. The zero-order chi connectivity index (χ0) is 11.6. The number of carboxylic acids is 1. The predicted molar refractivity (Wildman–Crippen MR) is 44.9 cm³/mol. The minimum absolute atomic E-state index is 0.454. The second-order valence-corrected chi connectivity index (χ2v) is 2.76. The first-order valence-corrected chi connectivity index (χ1v) is 3.86. The van der Waals surface area contributed by atoms with Gasteiger partial charge in [-0.3, -0.25) is 9.78 Å². The summed E-state index contributed by atoms with van der Waals surface area (Å²) in [6.45, 7) is 0. The van der Waals surface area contributed by atoms with Gasteiger partial charge in [0.05, 0.1) is 23.4 Å². The van der Waals surface area contributed by atoms with Crippen LogP contribution in [0.2, 0.25) is 0 Å². The average Bonchev–Trinajstić information content (AvgIpc) is 2.12. The number of rotatable bonds is 3. The van der Waals surface area contributed by atoms with Crippen molar-refractivity contribution >= 4 is 11.7 Å². The van der Waals surface area contributed by atoms with Gasteiger partial charge in [-0.1, -0.05) is 0 Å². The van der Waals surface area contributed by atoms with Crippen molar-refractivity contribution in [2.45, 2.75) is 12.8 Å². The molecule has 1 aromatic rings. The largest absolute Gasteiger partial charge is 0.481 e. The molecular formula is C8H7F3N2O2. The van der Waals surface area contributed by atoms with Crippen molar-refractivity contribution in [2.24, 2.45) is 0 Å². The number of nitrogen functional groups attached to an aromatic ring is 1. The van der Waals surface area contributed by atoms with E-state index in [1.165, 1.54) is 0 Å². The Morgan fingerprint density at radius 1 is 1.60 bits per heavy atom. The van der Waals surface area contributed by atoms with Crippen molar-refractivity contribution in [1.29, 1.82) is 0 Å². The Balaban J connectivity index is 3.15. The quantitative estimate of drug-likeness (QED) is 0.806. The monoisotopic (exact) mass is 220 g/mol. The third kappa shape index (κ3) is 2.36. The Morgan fingerprint density at radius 3 is 2.67 bits per heavy atom. The number of aliphatic carboxylic acids is 1. The van der Waals surface area contributed by atoms with Crippen molar-refractivity contribution in [3.8, 4) is 0 Å². The number of nitrogens with two attached hydrogens (primary N) is 1. The molecule has 0 unspecified atom stereocenters. The molecule has 3 N–H and O–H groups in total. The number of hydrogen-bond acceptors (Lipinski definition) is 3. The number of carboxylic acid groups (broad SMARTS) is 1. The van der Waals surface area contributed by atoms with Gasteiger partial charge in [0.15, 0.2) is 5.82 Å². The summed E-state index contributed by atoms with van der Waals surface area (Å²) in [7, 11) is 0. The number of nitrogens with zero attached hydrogens (tertiary/aromatic N) is 1. The first kappa shape index (κ1) is 11.3. The highest BCUT2D eigenvalue weighted by Gasteiger charge is 2.19. The van der Waals surface area contributed by atoms with Crippen molar-refractivity contribution in [3.63, 3.8) is 0 Å². The zero-order valence-corrected chi connectivity index (χ0v) is 7.38. The molecule has 0 saturated carbocycles. The summed E-state index contributed by atoms with van der Waals surface area (Å²) in [4.78, 5) is 13.5. The highest BCUT2D eigenvalue weighted by atomic mass is 19.3. The Bertz CT molecular complexity index is 396. The number of aromatic nitrogens is 1. The fraction of sp³-hybridized carbons (Fsp3) is 0.250. The first-order valence-electron chi connectivity index (χ1n) is 3.86. The van der Waals surface area contributed by atoms with Gasteiger partial charge in [-0.15, -0.1) is 0 Å². The van der Waals surface area contributed by atoms with Crippen LogP contribution in [0.3, 0.4) is 0 Å². The van der Waals surface area contributed by atoms with Crippen LogP contribution in [0.5, 0.6) is 0 Å². The summed E-state index contributed by atoms with van der Waals surface area (Å²) in [6, 6.07) is 0. The van der Waals surface area contributed by atoms with E-state index in [1.807, 2.05) is 0 Å².